The Morgan fingerprint density at radius 2 is 1.84 bits per heavy atom. The fraction of sp³-hybridized carbons (Fsp3) is 0.143. The van der Waals surface area contributed by atoms with E-state index in [2.05, 4.69) is 0 Å². The van der Waals surface area contributed by atoms with Crippen molar-refractivity contribution in [3.63, 3.8) is 0 Å². The molecule has 3 nitrogen and oxygen atoms in total. The molecule has 0 heterocycles. The summed E-state index contributed by atoms with van der Waals surface area (Å²) in [6.45, 7) is 0.330. The van der Waals surface area contributed by atoms with Crippen LogP contribution in [0.3, 0.4) is 0 Å². The molecule has 2 rings (SSSR count). The predicted molar refractivity (Wildman–Crippen MR) is 78.2 cm³/mol. The molecule has 5 heteroatoms. The molecule has 100 valence electrons. The fourth-order valence-electron chi connectivity index (χ4n) is 1.60. The second kappa shape index (κ2) is 6.04. The number of anilines is 1. The Hall–Kier alpha value is -1.58. The highest BCUT2D eigenvalue weighted by atomic mass is 35.5. The van der Waals surface area contributed by atoms with Gasteiger partial charge >= 0.3 is 0 Å². The highest BCUT2D eigenvalue weighted by molar-refractivity contribution is 6.35. The van der Waals surface area contributed by atoms with Crippen LogP contribution in [-0.4, -0.2) is 7.11 Å². The lowest BCUT2D eigenvalue weighted by Crippen LogP contribution is -1.99. The van der Waals surface area contributed by atoms with Crippen molar-refractivity contribution in [3.8, 4) is 11.5 Å². The molecule has 0 unspecified atom stereocenters. The maximum atomic E-state index is 6.08. The van der Waals surface area contributed by atoms with E-state index in [9.17, 15) is 0 Å². The summed E-state index contributed by atoms with van der Waals surface area (Å²) < 4.78 is 10.9. The molecule has 0 fully saturated rings. The monoisotopic (exact) mass is 297 g/mol. The highest BCUT2D eigenvalue weighted by Gasteiger charge is 2.07. The molecule has 0 aliphatic rings. The number of hydrogen-bond acceptors (Lipinski definition) is 3. The molecule has 2 aromatic carbocycles. The van der Waals surface area contributed by atoms with Gasteiger partial charge in [-0.1, -0.05) is 29.3 Å². The lowest BCUT2D eigenvalue weighted by Gasteiger charge is -2.12. The van der Waals surface area contributed by atoms with Crippen LogP contribution in [0.25, 0.3) is 0 Å². The molecule has 0 aliphatic heterocycles. The summed E-state index contributed by atoms with van der Waals surface area (Å²) >= 11 is 11.9. The molecular weight excluding hydrogens is 285 g/mol. The van der Waals surface area contributed by atoms with E-state index >= 15 is 0 Å². The first-order valence-electron chi connectivity index (χ1n) is 5.60. The second-order valence-electron chi connectivity index (χ2n) is 3.93. The quantitative estimate of drug-likeness (QED) is 0.862. The normalized spacial score (nSPS) is 10.3. The molecule has 0 aromatic heterocycles. The summed E-state index contributed by atoms with van der Waals surface area (Å²) in [5.74, 6) is 1.20. The predicted octanol–water partition coefficient (Wildman–Crippen LogP) is 4.16. The number of methoxy groups -OCH3 is 1. The molecule has 0 bridgehead atoms. The van der Waals surface area contributed by atoms with Crippen molar-refractivity contribution in [2.24, 2.45) is 0 Å². The number of nitrogen functional groups attached to an aromatic ring is 1. The first-order valence-corrected chi connectivity index (χ1v) is 6.36. The number of nitrogens with two attached hydrogens (primary N) is 1. The summed E-state index contributed by atoms with van der Waals surface area (Å²) in [6, 6.07) is 10.5. The Balaban J connectivity index is 2.14. The van der Waals surface area contributed by atoms with Crippen LogP contribution in [0.2, 0.25) is 10.0 Å². The van der Waals surface area contributed by atoms with E-state index in [0.717, 1.165) is 5.56 Å². The summed E-state index contributed by atoms with van der Waals surface area (Å²) in [5, 5.41) is 1.17. The third-order valence-electron chi connectivity index (χ3n) is 2.59. The summed E-state index contributed by atoms with van der Waals surface area (Å²) in [5.41, 5.74) is 7.15. The Morgan fingerprint density at radius 1 is 1.05 bits per heavy atom. The van der Waals surface area contributed by atoms with Gasteiger partial charge in [0.25, 0.3) is 0 Å². The van der Waals surface area contributed by atoms with Gasteiger partial charge in [-0.15, -0.1) is 0 Å². The largest absolute Gasteiger partial charge is 0.493 e. The van der Waals surface area contributed by atoms with Crippen LogP contribution in [0.5, 0.6) is 11.5 Å². The highest BCUT2D eigenvalue weighted by Crippen LogP contribution is 2.30. The molecule has 2 aromatic rings. The van der Waals surface area contributed by atoms with Crippen molar-refractivity contribution in [1.82, 2.24) is 0 Å². The Labute approximate surface area is 121 Å². The topological polar surface area (TPSA) is 44.5 Å². The Morgan fingerprint density at radius 3 is 2.53 bits per heavy atom. The lowest BCUT2D eigenvalue weighted by molar-refractivity contribution is 0.284. The van der Waals surface area contributed by atoms with Gasteiger partial charge in [-0.25, -0.2) is 0 Å². The van der Waals surface area contributed by atoms with Gasteiger partial charge in [0.2, 0.25) is 0 Å². The molecule has 0 radical (unpaired) electrons. The van der Waals surface area contributed by atoms with Crippen LogP contribution in [0.15, 0.2) is 36.4 Å². The van der Waals surface area contributed by atoms with Crippen LogP contribution < -0.4 is 15.2 Å². The van der Waals surface area contributed by atoms with Gasteiger partial charge in [-0.2, -0.15) is 0 Å². The van der Waals surface area contributed by atoms with Gasteiger partial charge in [0.05, 0.1) is 7.11 Å². The van der Waals surface area contributed by atoms with E-state index in [1.54, 1.807) is 37.4 Å². The van der Waals surface area contributed by atoms with Crippen molar-refractivity contribution in [3.05, 3.63) is 52.0 Å². The van der Waals surface area contributed by atoms with Gasteiger partial charge in [-0.05, 0) is 24.3 Å². The van der Waals surface area contributed by atoms with Gasteiger partial charge in [0.1, 0.15) is 6.61 Å². The van der Waals surface area contributed by atoms with Crippen molar-refractivity contribution in [2.75, 3.05) is 12.8 Å². The van der Waals surface area contributed by atoms with E-state index in [4.69, 9.17) is 38.4 Å². The van der Waals surface area contributed by atoms with E-state index < -0.39 is 0 Å². The minimum Gasteiger partial charge on any atom is -0.493 e. The molecule has 0 aliphatic carbocycles. The van der Waals surface area contributed by atoms with Crippen molar-refractivity contribution in [1.29, 1.82) is 0 Å². The van der Waals surface area contributed by atoms with Gasteiger partial charge < -0.3 is 15.2 Å². The van der Waals surface area contributed by atoms with E-state index in [0.29, 0.717) is 33.8 Å². The van der Waals surface area contributed by atoms with Crippen LogP contribution in [0.1, 0.15) is 5.56 Å². The van der Waals surface area contributed by atoms with E-state index in [-0.39, 0.29) is 0 Å². The smallest absolute Gasteiger partial charge is 0.162 e. The molecule has 0 saturated carbocycles. The molecule has 19 heavy (non-hydrogen) atoms. The third-order valence-corrected chi connectivity index (χ3v) is 3.17. The molecular formula is C14H13Cl2NO2. The average Bonchev–Trinajstić information content (AvgIpc) is 2.39. The zero-order chi connectivity index (χ0) is 13.8. The van der Waals surface area contributed by atoms with Gasteiger partial charge in [0, 0.05) is 27.4 Å². The van der Waals surface area contributed by atoms with Crippen molar-refractivity contribution in [2.45, 2.75) is 6.61 Å². The molecule has 0 atom stereocenters. The number of rotatable bonds is 4. The minimum atomic E-state index is 0.330. The number of benzene rings is 2. The summed E-state index contributed by atoms with van der Waals surface area (Å²) in [4.78, 5) is 0. The first-order chi connectivity index (χ1) is 9.10. The number of ether oxygens (including phenoxy) is 2. The van der Waals surface area contributed by atoms with Gasteiger partial charge in [-0.3, -0.25) is 0 Å². The van der Waals surface area contributed by atoms with Gasteiger partial charge in [0.15, 0.2) is 11.5 Å². The van der Waals surface area contributed by atoms with E-state index in [1.807, 2.05) is 6.07 Å². The van der Waals surface area contributed by atoms with Crippen LogP contribution in [0.4, 0.5) is 5.69 Å². The third kappa shape index (κ3) is 3.46. The maximum Gasteiger partial charge on any atom is 0.162 e. The number of hydrogen-bond donors (Lipinski definition) is 1. The minimum absolute atomic E-state index is 0.330. The summed E-state index contributed by atoms with van der Waals surface area (Å²) in [6.07, 6.45) is 0. The number of halogens is 2. The Kier molecular flexibility index (Phi) is 4.40. The maximum absolute atomic E-state index is 6.08. The second-order valence-corrected chi connectivity index (χ2v) is 4.78. The summed E-state index contributed by atoms with van der Waals surface area (Å²) in [7, 11) is 1.57. The zero-order valence-corrected chi connectivity index (χ0v) is 11.8. The molecule has 0 spiro atoms. The molecule has 0 amide bonds. The SMILES string of the molecule is COc1cc(N)ccc1OCc1ccc(Cl)cc1Cl. The Bertz CT molecular complexity index is 588. The van der Waals surface area contributed by atoms with Crippen molar-refractivity contribution < 1.29 is 9.47 Å². The van der Waals surface area contributed by atoms with Crippen LogP contribution >= 0.6 is 23.2 Å². The molecule has 0 saturated heterocycles. The van der Waals surface area contributed by atoms with Crippen LogP contribution in [-0.2, 0) is 6.61 Å². The lowest BCUT2D eigenvalue weighted by atomic mass is 10.2. The van der Waals surface area contributed by atoms with Crippen molar-refractivity contribution >= 4 is 28.9 Å². The average molecular weight is 298 g/mol. The standard InChI is InChI=1S/C14H13Cl2NO2/c1-18-14-7-11(17)4-5-13(14)19-8-9-2-3-10(15)6-12(9)16/h2-7H,8,17H2,1H3. The zero-order valence-electron chi connectivity index (χ0n) is 10.3. The van der Waals surface area contributed by atoms with Crippen LogP contribution in [0, 0.1) is 0 Å². The fourth-order valence-corrected chi connectivity index (χ4v) is 2.06. The molecule has 2 N–H and O–H groups in total. The van der Waals surface area contributed by atoms with E-state index in [1.165, 1.54) is 0 Å². The first kappa shape index (κ1) is 13.8.